The molecule has 2 amide bonds. The van der Waals surface area contributed by atoms with Gasteiger partial charge in [-0.3, -0.25) is 14.4 Å². The number of carboxylic acids is 1. The fraction of sp³-hybridized carbons (Fsp3) is 0.545. The van der Waals surface area contributed by atoms with Gasteiger partial charge in [-0.1, -0.05) is 69.8 Å². The number of aliphatic carboxylic acids is 1. The third kappa shape index (κ3) is 8.57. The summed E-state index contributed by atoms with van der Waals surface area (Å²) in [6, 6.07) is 7.75. The highest BCUT2D eigenvalue weighted by molar-refractivity contribution is 8.15. The second kappa shape index (κ2) is 11.7. The zero-order chi connectivity index (χ0) is 22.9. The van der Waals surface area contributed by atoms with E-state index in [1.807, 2.05) is 33.8 Å². The molecule has 0 spiro atoms. The number of amides is 2. The first-order chi connectivity index (χ1) is 13.9. The lowest BCUT2D eigenvalue weighted by Crippen LogP contribution is -2.60. The SMILES string of the molecule is CC(=O)SC(CC(C)C)(NC(=O)CC(C)C)C(=O)N[C@@H](Cc1ccccc1)C(=O)O. The Morgan fingerprint density at radius 3 is 2.10 bits per heavy atom. The summed E-state index contributed by atoms with van der Waals surface area (Å²) in [5.74, 6) is -2.19. The van der Waals surface area contributed by atoms with Crippen LogP contribution in [0.1, 0.15) is 53.0 Å². The average molecular weight is 437 g/mol. The Morgan fingerprint density at radius 2 is 1.63 bits per heavy atom. The molecule has 1 rings (SSSR count). The average Bonchev–Trinajstić information content (AvgIpc) is 2.59. The molecular formula is C22H32N2O5S. The van der Waals surface area contributed by atoms with Gasteiger partial charge >= 0.3 is 5.97 Å². The zero-order valence-corrected chi connectivity index (χ0v) is 19.0. The first-order valence-corrected chi connectivity index (χ1v) is 10.8. The van der Waals surface area contributed by atoms with E-state index in [4.69, 9.17) is 0 Å². The van der Waals surface area contributed by atoms with Crippen molar-refractivity contribution in [3.8, 4) is 0 Å². The molecule has 7 nitrogen and oxygen atoms in total. The van der Waals surface area contributed by atoms with Gasteiger partial charge in [0, 0.05) is 19.8 Å². The fourth-order valence-electron chi connectivity index (χ4n) is 3.11. The summed E-state index contributed by atoms with van der Waals surface area (Å²) in [6.07, 6.45) is 0.465. The van der Waals surface area contributed by atoms with Gasteiger partial charge in [0.2, 0.25) is 5.91 Å². The Hall–Kier alpha value is -2.35. The number of nitrogens with one attached hydrogen (secondary N) is 2. The highest BCUT2D eigenvalue weighted by Gasteiger charge is 2.44. The van der Waals surface area contributed by atoms with Gasteiger partial charge in [0.1, 0.15) is 6.04 Å². The van der Waals surface area contributed by atoms with E-state index in [2.05, 4.69) is 10.6 Å². The van der Waals surface area contributed by atoms with Crippen molar-refractivity contribution in [1.82, 2.24) is 10.6 Å². The quantitative estimate of drug-likeness (QED) is 0.460. The van der Waals surface area contributed by atoms with Crippen LogP contribution in [-0.2, 0) is 25.6 Å². The minimum Gasteiger partial charge on any atom is -0.480 e. The van der Waals surface area contributed by atoms with E-state index < -0.39 is 22.8 Å². The second-order valence-electron chi connectivity index (χ2n) is 8.22. The normalized spacial score (nSPS) is 14.1. The van der Waals surface area contributed by atoms with Crippen LogP contribution >= 0.6 is 11.8 Å². The molecule has 0 aliphatic rings. The zero-order valence-electron chi connectivity index (χ0n) is 18.2. The number of thioether (sulfide) groups is 1. The lowest BCUT2D eigenvalue weighted by Gasteiger charge is -2.34. The van der Waals surface area contributed by atoms with E-state index in [0.717, 1.165) is 17.3 Å². The maximum atomic E-state index is 13.3. The Balaban J connectivity index is 3.20. The van der Waals surface area contributed by atoms with Crippen LogP contribution in [0.4, 0.5) is 0 Å². The van der Waals surface area contributed by atoms with Gasteiger partial charge in [-0.15, -0.1) is 0 Å². The van der Waals surface area contributed by atoms with Crippen LogP contribution in [0.3, 0.4) is 0 Å². The molecule has 0 bridgehead atoms. The van der Waals surface area contributed by atoms with Gasteiger partial charge in [-0.05, 0) is 23.8 Å². The minimum atomic E-state index is -1.57. The van der Waals surface area contributed by atoms with Crippen molar-refractivity contribution in [2.75, 3.05) is 0 Å². The Labute approximate surface area is 182 Å². The van der Waals surface area contributed by atoms with Crippen LogP contribution in [-0.4, -0.2) is 38.9 Å². The summed E-state index contributed by atoms with van der Waals surface area (Å²) in [4.78, 5) is 48.0. The molecule has 1 unspecified atom stereocenters. The number of benzene rings is 1. The van der Waals surface area contributed by atoms with Crippen molar-refractivity contribution in [1.29, 1.82) is 0 Å². The van der Waals surface area contributed by atoms with Gasteiger partial charge in [0.15, 0.2) is 9.99 Å². The standard InChI is InChI=1S/C22H32N2O5S/c1-14(2)11-19(26)24-22(13-15(3)4,30-16(5)25)21(29)23-18(20(27)28)12-17-9-7-6-8-10-17/h6-10,14-15,18H,11-13H2,1-5H3,(H,23,29)(H,24,26)(H,27,28)/t18-,22?/m0/s1. The molecule has 2 atom stereocenters. The Kier molecular flexibility index (Phi) is 10.0. The van der Waals surface area contributed by atoms with Gasteiger partial charge in [-0.25, -0.2) is 4.79 Å². The molecule has 0 aromatic heterocycles. The largest absolute Gasteiger partial charge is 0.480 e. The minimum absolute atomic E-state index is 0.0284. The van der Waals surface area contributed by atoms with E-state index in [1.165, 1.54) is 6.92 Å². The van der Waals surface area contributed by atoms with E-state index in [9.17, 15) is 24.3 Å². The maximum Gasteiger partial charge on any atom is 0.326 e. The maximum absolute atomic E-state index is 13.3. The smallest absolute Gasteiger partial charge is 0.326 e. The molecule has 0 saturated heterocycles. The predicted molar refractivity (Wildman–Crippen MR) is 118 cm³/mol. The number of carboxylic acid groups (broad SMARTS) is 1. The van der Waals surface area contributed by atoms with Crippen LogP contribution in [0, 0.1) is 11.8 Å². The Bertz CT molecular complexity index is 751. The first kappa shape index (κ1) is 25.7. The lowest BCUT2D eigenvalue weighted by molar-refractivity contribution is -0.142. The van der Waals surface area contributed by atoms with Crippen LogP contribution < -0.4 is 10.6 Å². The molecule has 0 radical (unpaired) electrons. The fourth-order valence-corrected chi connectivity index (χ4v) is 4.33. The van der Waals surface area contributed by atoms with E-state index in [-0.39, 0.29) is 42.1 Å². The van der Waals surface area contributed by atoms with Crippen molar-refractivity contribution >= 4 is 34.7 Å². The van der Waals surface area contributed by atoms with E-state index >= 15 is 0 Å². The molecule has 30 heavy (non-hydrogen) atoms. The van der Waals surface area contributed by atoms with Gasteiger partial charge in [0.25, 0.3) is 5.91 Å². The van der Waals surface area contributed by atoms with Crippen molar-refractivity contribution in [2.24, 2.45) is 11.8 Å². The number of carbonyl (C=O) groups excluding carboxylic acids is 3. The molecule has 1 aromatic carbocycles. The summed E-state index contributed by atoms with van der Waals surface area (Å²) in [7, 11) is 0. The molecule has 166 valence electrons. The monoisotopic (exact) mass is 436 g/mol. The molecule has 0 aliphatic heterocycles. The molecule has 8 heteroatoms. The first-order valence-electron chi connectivity index (χ1n) is 10.0. The highest BCUT2D eigenvalue weighted by atomic mass is 32.2. The number of carbonyl (C=O) groups is 4. The summed E-state index contributed by atoms with van der Waals surface area (Å²) in [5, 5.41) is 14.6. The van der Waals surface area contributed by atoms with Crippen molar-refractivity contribution in [2.45, 2.75) is 64.8 Å². The van der Waals surface area contributed by atoms with Gasteiger partial charge in [-0.2, -0.15) is 0 Å². The van der Waals surface area contributed by atoms with Crippen LogP contribution in [0.2, 0.25) is 0 Å². The molecule has 1 aromatic rings. The molecule has 0 saturated carbocycles. The van der Waals surface area contributed by atoms with Crippen LogP contribution in [0.25, 0.3) is 0 Å². The van der Waals surface area contributed by atoms with Crippen LogP contribution in [0.15, 0.2) is 30.3 Å². The summed E-state index contributed by atoms with van der Waals surface area (Å²) in [5.41, 5.74) is 0.753. The number of rotatable bonds is 11. The molecule has 0 aliphatic carbocycles. The van der Waals surface area contributed by atoms with E-state index in [0.29, 0.717) is 0 Å². The Morgan fingerprint density at radius 1 is 1.03 bits per heavy atom. The molecule has 3 N–H and O–H groups in total. The van der Waals surface area contributed by atoms with Gasteiger partial charge in [0.05, 0.1) is 0 Å². The van der Waals surface area contributed by atoms with Gasteiger partial charge < -0.3 is 15.7 Å². The van der Waals surface area contributed by atoms with Crippen molar-refractivity contribution in [3.63, 3.8) is 0 Å². The lowest BCUT2D eigenvalue weighted by atomic mass is 10.00. The predicted octanol–water partition coefficient (Wildman–Crippen LogP) is 2.98. The number of hydrogen-bond donors (Lipinski definition) is 3. The third-order valence-corrected chi connectivity index (χ3v) is 5.29. The summed E-state index contributed by atoms with van der Waals surface area (Å²) < 4.78 is 0. The third-order valence-electron chi connectivity index (χ3n) is 4.20. The van der Waals surface area contributed by atoms with Crippen LogP contribution in [0.5, 0.6) is 0 Å². The molecule has 0 fully saturated rings. The summed E-state index contributed by atoms with van der Waals surface area (Å²) >= 11 is 0.723. The molecular weight excluding hydrogens is 404 g/mol. The second-order valence-corrected chi connectivity index (χ2v) is 9.69. The highest BCUT2D eigenvalue weighted by Crippen LogP contribution is 2.31. The van der Waals surface area contributed by atoms with E-state index in [1.54, 1.807) is 24.3 Å². The van der Waals surface area contributed by atoms with Crippen molar-refractivity contribution < 1.29 is 24.3 Å². The summed E-state index contributed by atoms with van der Waals surface area (Å²) in [6.45, 7) is 8.82. The van der Waals surface area contributed by atoms with Crippen molar-refractivity contribution in [3.05, 3.63) is 35.9 Å². The topological polar surface area (TPSA) is 113 Å². The molecule has 0 heterocycles. The number of hydrogen-bond acceptors (Lipinski definition) is 5.